The van der Waals surface area contributed by atoms with Gasteiger partial charge in [0.1, 0.15) is 22.8 Å². The van der Waals surface area contributed by atoms with Gasteiger partial charge in [-0.15, -0.1) is 15.3 Å². The van der Waals surface area contributed by atoms with Crippen LogP contribution in [0.3, 0.4) is 0 Å². The second-order valence-electron chi connectivity index (χ2n) is 15.3. The largest absolute Gasteiger partial charge is 0.461 e. The number of halogens is 2. The Hall–Kier alpha value is -7.49. The van der Waals surface area contributed by atoms with Crippen molar-refractivity contribution in [1.82, 2.24) is 60.7 Å². The first kappa shape index (κ1) is 41.5. The maximum atomic E-state index is 7.36. The van der Waals surface area contributed by atoms with Crippen LogP contribution < -0.4 is 9.64 Å². The van der Waals surface area contributed by atoms with Crippen molar-refractivity contribution in [3.8, 4) is 73.3 Å². The molecule has 318 valence electrons. The van der Waals surface area contributed by atoms with Gasteiger partial charge >= 0.3 is 0 Å². The summed E-state index contributed by atoms with van der Waals surface area (Å²) in [7, 11) is 0. The number of pyridine rings is 4. The van der Waals surface area contributed by atoms with Crippen molar-refractivity contribution in [2.24, 2.45) is 0 Å². The standard InChI is InChI=1S/C49H37BrClN13O/c1-30-19-26-58-62-43(30)35-28-59-63-44(42(35)51)34-20-25-54-46(48(34)65-49(50,38-17-9-23-56-60-38)39-18-10-24-57-61-39)33-15-8-22-53-45(33)47-40(32-13-4-3-5-14-32)41(36-16-6-7-21-52-36)37(29-55-47)64-27-11-12-31(64)2/h3-10,13-26,28-29,31H,11-12,27H2,1-2H3. The van der Waals surface area contributed by atoms with E-state index in [1.54, 1.807) is 67.5 Å². The third-order valence-electron chi connectivity index (χ3n) is 11.4. The first-order valence-electron chi connectivity index (χ1n) is 20.9. The average Bonchev–Trinajstić information content (AvgIpc) is 3.80. The summed E-state index contributed by atoms with van der Waals surface area (Å²) in [6.07, 6.45) is 15.7. The molecule has 1 saturated heterocycles. The highest BCUT2D eigenvalue weighted by Crippen LogP contribution is 2.50. The minimum Gasteiger partial charge on any atom is -0.461 e. The number of alkyl halides is 1. The predicted octanol–water partition coefficient (Wildman–Crippen LogP) is 10.1. The lowest BCUT2D eigenvalue weighted by atomic mass is 9.91. The van der Waals surface area contributed by atoms with Gasteiger partial charge in [-0.2, -0.15) is 25.5 Å². The molecule has 1 unspecified atom stereocenters. The highest BCUT2D eigenvalue weighted by atomic mass is 79.9. The molecular formula is C49H37BrClN13O. The third-order valence-corrected chi connectivity index (χ3v) is 12.7. The average molecular weight is 939 g/mol. The quantitative estimate of drug-likeness (QED) is 0.112. The molecule has 0 bridgehead atoms. The first-order chi connectivity index (χ1) is 31.9. The third kappa shape index (κ3) is 7.82. The Morgan fingerprint density at radius 3 is 2.03 bits per heavy atom. The number of aromatic nitrogens is 12. The molecule has 1 atom stereocenters. The van der Waals surface area contributed by atoms with Crippen LogP contribution in [0, 0.1) is 6.92 Å². The molecule has 8 aromatic heterocycles. The molecule has 9 heterocycles. The molecule has 0 radical (unpaired) electrons. The molecule has 1 fully saturated rings. The molecule has 16 heteroatoms. The second-order valence-corrected chi connectivity index (χ2v) is 16.8. The monoisotopic (exact) mass is 937 g/mol. The molecule has 9 aromatic rings. The summed E-state index contributed by atoms with van der Waals surface area (Å²) in [5.41, 5.74) is 10.2. The Morgan fingerprint density at radius 1 is 0.600 bits per heavy atom. The van der Waals surface area contributed by atoms with Crippen molar-refractivity contribution >= 4 is 33.2 Å². The normalized spacial score (nSPS) is 13.8. The predicted molar refractivity (Wildman–Crippen MR) is 252 cm³/mol. The van der Waals surface area contributed by atoms with Gasteiger partial charge in [0.25, 0.3) is 4.51 Å². The van der Waals surface area contributed by atoms with E-state index in [4.69, 9.17) is 36.3 Å². The van der Waals surface area contributed by atoms with Crippen molar-refractivity contribution < 1.29 is 4.74 Å². The zero-order valence-corrected chi connectivity index (χ0v) is 37.4. The van der Waals surface area contributed by atoms with Gasteiger partial charge in [0.15, 0.2) is 5.75 Å². The number of anilines is 1. The zero-order chi connectivity index (χ0) is 44.3. The summed E-state index contributed by atoms with van der Waals surface area (Å²) < 4.78 is 5.72. The Balaban J connectivity index is 1.26. The molecule has 0 spiro atoms. The van der Waals surface area contributed by atoms with Gasteiger partial charge in [-0.1, -0.05) is 48.0 Å². The van der Waals surface area contributed by atoms with E-state index in [-0.39, 0.29) is 10.8 Å². The summed E-state index contributed by atoms with van der Waals surface area (Å²) in [5, 5.41) is 35.3. The van der Waals surface area contributed by atoms with E-state index in [1.807, 2.05) is 73.9 Å². The second kappa shape index (κ2) is 17.9. The molecule has 10 rings (SSSR count). The van der Waals surface area contributed by atoms with Crippen molar-refractivity contribution in [3.63, 3.8) is 0 Å². The zero-order valence-electron chi connectivity index (χ0n) is 35.0. The lowest BCUT2D eigenvalue weighted by Gasteiger charge is -2.29. The van der Waals surface area contributed by atoms with Crippen LogP contribution in [0.5, 0.6) is 5.75 Å². The number of hydrogen-bond acceptors (Lipinski definition) is 14. The Morgan fingerprint density at radius 2 is 1.32 bits per heavy atom. The molecule has 0 aliphatic carbocycles. The van der Waals surface area contributed by atoms with Crippen LogP contribution in [-0.2, 0) is 4.51 Å². The van der Waals surface area contributed by atoms with Crippen molar-refractivity contribution in [2.45, 2.75) is 37.2 Å². The fourth-order valence-electron chi connectivity index (χ4n) is 8.25. The fraction of sp³-hybridized carbons (Fsp3) is 0.143. The number of nitrogens with zero attached hydrogens (tertiary/aromatic N) is 13. The SMILES string of the molecule is Cc1ccnnc1-c1cnnc(-c2ccnc(-c3cccnc3-c3ncc(N4CCCC4C)c(-c4ccccn4)c3-c3ccccc3)c2OC(Br)(c2cccnn2)c2cccnn2)c1Cl. The summed E-state index contributed by atoms with van der Waals surface area (Å²) in [6, 6.07) is 31.1. The van der Waals surface area contributed by atoms with Crippen molar-refractivity contribution in [1.29, 1.82) is 0 Å². The van der Waals surface area contributed by atoms with Crippen molar-refractivity contribution in [3.05, 3.63) is 169 Å². The van der Waals surface area contributed by atoms with Gasteiger partial charge in [-0.3, -0.25) is 19.9 Å². The Kier molecular flexibility index (Phi) is 11.5. The van der Waals surface area contributed by atoms with Crippen LogP contribution in [0.2, 0.25) is 5.02 Å². The van der Waals surface area contributed by atoms with E-state index in [0.29, 0.717) is 62.6 Å². The van der Waals surface area contributed by atoms with Gasteiger partial charge in [0, 0.05) is 77.6 Å². The maximum Gasteiger partial charge on any atom is 0.251 e. The minimum absolute atomic E-state index is 0.243. The fourth-order valence-corrected chi connectivity index (χ4v) is 9.12. The van der Waals surface area contributed by atoms with Crippen LogP contribution in [0.25, 0.3) is 67.5 Å². The number of benzene rings is 1. The van der Waals surface area contributed by atoms with E-state index in [9.17, 15) is 0 Å². The van der Waals surface area contributed by atoms with Gasteiger partial charge in [-0.05, 0) is 114 Å². The van der Waals surface area contributed by atoms with Crippen LogP contribution in [0.1, 0.15) is 36.7 Å². The molecule has 0 saturated carbocycles. The van der Waals surface area contributed by atoms with Crippen LogP contribution in [0.15, 0.2) is 147 Å². The van der Waals surface area contributed by atoms with E-state index in [1.165, 1.54) is 0 Å². The lowest BCUT2D eigenvalue weighted by molar-refractivity contribution is 0.206. The first-order valence-corrected chi connectivity index (χ1v) is 22.0. The topological polar surface area (TPSA) is 167 Å². The summed E-state index contributed by atoms with van der Waals surface area (Å²) >= 11 is 11.3. The highest BCUT2D eigenvalue weighted by Gasteiger charge is 2.41. The molecule has 1 aromatic carbocycles. The minimum atomic E-state index is -1.57. The number of ether oxygens (including phenoxy) is 1. The smallest absolute Gasteiger partial charge is 0.251 e. The molecule has 1 aliphatic rings. The van der Waals surface area contributed by atoms with E-state index in [2.05, 4.69) is 80.7 Å². The van der Waals surface area contributed by atoms with Gasteiger partial charge in [0.2, 0.25) is 0 Å². The number of aryl methyl sites for hydroxylation is 1. The molecule has 14 nitrogen and oxygen atoms in total. The molecular weight excluding hydrogens is 902 g/mol. The van der Waals surface area contributed by atoms with E-state index < -0.39 is 4.51 Å². The summed E-state index contributed by atoms with van der Waals surface area (Å²) in [6.45, 7) is 5.09. The number of hydrogen-bond donors (Lipinski definition) is 0. The van der Waals surface area contributed by atoms with Gasteiger partial charge in [0.05, 0.1) is 45.9 Å². The summed E-state index contributed by atoms with van der Waals surface area (Å²) in [5.74, 6) is 0.243. The summed E-state index contributed by atoms with van der Waals surface area (Å²) in [4.78, 5) is 22.9. The van der Waals surface area contributed by atoms with Gasteiger partial charge < -0.3 is 9.64 Å². The lowest BCUT2D eigenvalue weighted by Crippen LogP contribution is -2.31. The Labute approximate surface area is 387 Å². The van der Waals surface area contributed by atoms with E-state index >= 15 is 0 Å². The van der Waals surface area contributed by atoms with Crippen LogP contribution in [-0.4, -0.2) is 73.3 Å². The Bertz CT molecular complexity index is 3100. The van der Waals surface area contributed by atoms with Crippen LogP contribution >= 0.6 is 27.5 Å². The molecule has 0 amide bonds. The molecule has 1 aliphatic heterocycles. The maximum absolute atomic E-state index is 7.36. The van der Waals surface area contributed by atoms with Gasteiger partial charge in [-0.25, -0.2) is 0 Å². The molecule has 65 heavy (non-hydrogen) atoms. The van der Waals surface area contributed by atoms with E-state index in [0.717, 1.165) is 53.0 Å². The van der Waals surface area contributed by atoms with Crippen LogP contribution in [0.4, 0.5) is 5.69 Å². The highest BCUT2D eigenvalue weighted by molar-refractivity contribution is 9.09. The number of rotatable bonds is 11. The van der Waals surface area contributed by atoms with Crippen molar-refractivity contribution in [2.75, 3.05) is 11.4 Å². The molecule has 0 N–H and O–H groups in total.